The highest BCUT2D eigenvalue weighted by molar-refractivity contribution is 5.83. The topological polar surface area (TPSA) is 26.3 Å². The van der Waals surface area contributed by atoms with Crippen LogP contribution in [-0.2, 0) is 9.53 Å². The zero-order chi connectivity index (χ0) is 8.10. The fourth-order valence-corrected chi connectivity index (χ4v) is 1.23. The number of carbonyl (C=O) groups is 1. The van der Waals surface area contributed by atoms with E-state index in [1.807, 2.05) is 0 Å². The molecule has 1 fully saturated rings. The summed E-state index contributed by atoms with van der Waals surface area (Å²) in [5.74, 6) is 0.238. The zero-order valence-corrected chi connectivity index (χ0v) is 6.71. The Morgan fingerprint density at radius 1 is 1.64 bits per heavy atom. The molecule has 0 aromatic heterocycles. The predicted molar refractivity (Wildman–Crippen MR) is 43.4 cm³/mol. The van der Waals surface area contributed by atoms with Gasteiger partial charge in [-0.15, -0.1) is 6.58 Å². The summed E-state index contributed by atoms with van der Waals surface area (Å²) in [4.78, 5) is 11.2. The molecule has 0 aromatic rings. The smallest absolute Gasteiger partial charge is 0.161 e. The predicted octanol–water partition coefficient (Wildman–Crippen LogP) is 1.70. The number of rotatable bonds is 2. The minimum atomic E-state index is -0.199. The summed E-state index contributed by atoms with van der Waals surface area (Å²) in [7, 11) is 0. The maximum Gasteiger partial charge on any atom is 0.161 e. The van der Waals surface area contributed by atoms with Gasteiger partial charge < -0.3 is 4.74 Å². The van der Waals surface area contributed by atoms with Crippen molar-refractivity contribution in [3.63, 3.8) is 0 Å². The van der Waals surface area contributed by atoms with Gasteiger partial charge in [-0.3, -0.25) is 4.79 Å². The van der Waals surface area contributed by atoms with Crippen LogP contribution in [0, 0.1) is 0 Å². The van der Waals surface area contributed by atoms with E-state index >= 15 is 0 Å². The van der Waals surface area contributed by atoms with Crippen LogP contribution in [0.1, 0.15) is 25.7 Å². The molecule has 1 atom stereocenters. The summed E-state index contributed by atoms with van der Waals surface area (Å²) in [5.41, 5.74) is 0. The molecule has 0 amide bonds. The molecule has 1 aliphatic heterocycles. The minimum Gasteiger partial charge on any atom is -0.370 e. The zero-order valence-electron chi connectivity index (χ0n) is 6.71. The Bertz CT molecular complexity index is 152. The first-order valence-corrected chi connectivity index (χ1v) is 4.10. The van der Waals surface area contributed by atoms with Crippen LogP contribution in [0.2, 0.25) is 0 Å². The Labute approximate surface area is 67.2 Å². The van der Waals surface area contributed by atoms with E-state index in [1.165, 1.54) is 0 Å². The van der Waals surface area contributed by atoms with Crippen LogP contribution in [0.15, 0.2) is 12.7 Å². The van der Waals surface area contributed by atoms with Crippen molar-refractivity contribution in [2.24, 2.45) is 0 Å². The number of hydrogen-bond acceptors (Lipinski definition) is 2. The fourth-order valence-electron chi connectivity index (χ4n) is 1.23. The van der Waals surface area contributed by atoms with Gasteiger partial charge in [0.05, 0.1) is 0 Å². The molecule has 0 saturated carbocycles. The first kappa shape index (κ1) is 8.47. The van der Waals surface area contributed by atoms with Gasteiger partial charge in [0.2, 0.25) is 0 Å². The molecule has 0 spiro atoms. The van der Waals surface area contributed by atoms with Gasteiger partial charge in [0.15, 0.2) is 5.78 Å². The summed E-state index contributed by atoms with van der Waals surface area (Å²) in [6, 6.07) is 0. The average Bonchev–Trinajstić information content (AvgIpc) is 2.18. The van der Waals surface area contributed by atoms with E-state index in [9.17, 15) is 4.79 Å². The number of Topliss-reactive ketones (excluding diaryl/α,β-unsaturated/α-hetero) is 1. The SMILES string of the molecule is C=CCC1OCCCCC1=O. The molecular formula is C9H14O2. The lowest BCUT2D eigenvalue weighted by Crippen LogP contribution is -2.21. The molecule has 0 radical (unpaired) electrons. The summed E-state index contributed by atoms with van der Waals surface area (Å²) in [6.45, 7) is 4.31. The maximum atomic E-state index is 11.2. The summed E-state index contributed by atoms with van der Waals surface area (Å²) < 4.78 is 5.33. The van der Waals surface area contributed by atoms with Crippen molar-refractivity contribution in [2.75, 3.05) is 6.61 Å². The molecule has 1 aliphatic rings. The third-order valence-corrected chi connectivity index (χ3v) is 1.88. The van der Waals surface area contributed by atoms with E-state index in [2.05, 4.69) is 6.58 Å². The van der Waals surface area contributed by atoms with Gasteiger partial charge >= 0.3 is 0 Å². The van der Waals surface area contributed by atoms with Gasteiger partial charge in [0, 0.05) is 13.0 Å². The van der Waals surface area contributed by atoms with E-state index < -0.39 is 0 Å². The second-order valence-electron chi connectivity index (χ2n) is 2.81. The summed E-state index contributed by atoms with van der Waals surface area (Å²) in [5, 5.41) is 0. The normalized spacial score (nSPS) is 26.2. The van der Waals surface area contributed by atoms with Gasteiger partial charge in [-0.05, 0) is 19.3 Å². The number of carbonyl (C=O) groups excluding carboxylic acids is 1. The summed E-state index contributed by atoms with van der Waals surface area (Å²) in [6.07, 6.45) is 4.88. The molecule has 0 aromatic carbocycles. The van der Waals surface area contributed by atoms with Crippen molar-refractivity contribution >= 4 is 5.78 Å². The highest BCUT2D eigenvalue weighted by Crippen LogP contribution is 2.12. The van der Waals surface area contributed by atoms with Gasteiger partial charge in [0.1, 0.15) is 6.10 Å². The van der Waals surface area contributed by atoms with Crippen molar-refractivity contribution in [1.29, 1.82) is 0 Å². The molecule has 1 saturated heterocycles. The van der Waals surface area contributed by atoms with Crippen LogP contribution in [0.4, 0.5) is 0 Å². The molecule has 0 aliphatic carbocycles. The largest absolute Gasteiger partial charge is 0.370 e. The van der Waals surface area contributed by atoms with E-state index in [-0.39, 0.29) is 11.9 Å². The number of ether oxygens (including phenoxy) is 1. The van der Waals surface area contributed by atoms with Crippen LogP contribution in [0.25, 0.3) is 0 Å². The highest BCUT2D eigenvalue weighted by Gasteiger charge is 2.19. The van der Waals surface area contributed by atoms with Crippen LogP contribution in [-0.4, -0.2) is 18.5 Å². The van der Waals surface area contributed by atoms with Crippen molar-refractivity contribution in [3.05, 3.63) is 12.7 Å². The molecule has 0 N–H and O–H groups in total. The Morgan fingerprint density at radius 2 is 2.45 bits per heavy atom. The molecular weight excluding hydrogens is 140 g/mol. The Balaban J connectivity index is 2.45. The monoisotopic (exact) mass is 154 g/mol. The van der Waals surface area contributed by atoms with Gasteiger partial charge in [0.25, 0.3) is 0 Å². The number of hydrogen-bond donors (Lipinski definition) is 0. The van der Waals surface area contributed by atoms with E-state index in [0.29, 0.717) is 12.8 Å². The summed E-state index contributed by atoms with van der Waals surface area (Å²) >= 11 is 0. The Morgan fingerprint density at radius 3 is 3.18 bits per heavy atom. The average molecular weight is 154 g/mol. The second kappa shape index (κ2) is 4.29. The molecule has 11 heavy (non-hydrogen) atoms. The lowest BCUT2D eigenvalue weighted by atomic mass is 10.1. The van der Waals surface area contributed by atoms with Crippen LogP contribution in [0.3, 0.4) is 0 Å². The molecule has 2 heteroatoms. The number of ketones is 1. The van der Waals surface area contributed by atoms with Crippen LogP contribution in [0.5, 0.6) is 0 Å². The lowest BCUT2D eigenvalue weighted by molar-refractivity contribution is -0.128. The minimum absolute atomic E-state index is 0.199. The molecule has 1 rings (SSSR count). The maximum absolute atomic E-state index is 11.2. The van der Waals surface area contributed by atoms with Crippen molar-refractivity contribution in [3.8, 4) is 0 Å². The van der Waals surface area contributed by atoms with E-state index in [4.69, 9.17) is 4.74 Å². The lowest BCUT2D eigenvalue weighted by Gasteiger charge is -2.09. The third kappa shape index (κ3) is 2.46. The molecule has 0 bridgehead atoms. The Hall–Kier alpha value is -0.630. The Kier molecular flexibility index (Phi) is 3.30. The van der Waals surface area contributed by atoms with E-state index in [0.717, 1.165) is 19.4 Å². The second-order valence-corrected chi connectivity index (χ2v) is 2.81. The van der Waals surface area contributed by atoms with Crippen molar-refractivity contribution < 1.29 is 9.53 Å². The molecule has 1 heterocycles. The quantitative estimate of drug-likeness (QED) is 0.566. The van der Waals surface area contributed by atoms with Crippen LogP contribution < -0.4 is 0 Å². The van der Waals surface area contributed by atoms with E-state index in [1.54, 1.807) is 6.08 Å². The van der Waals surface area contributed by atoms with Gasteiger partial charge in [-0.2, -0.15) is 0 Å². The fraction of sp³-hybridized carbons (Fsp3) is 0.667. The van der Waals surface area contributed by atoms with Gasteiger partial charge in [-0.1, -0.05) is 6.08 Å². The highest BCUT2D eigenvalue weighted by atomic mass is 16.5. The van der Waals surface area contributed by atoms with Crippen LogP contribution >= 0.6 is 0 Å². The molecule has 62 valence electrons. The molecule has 2 nitrogen and oxygen atoms in total. The van der Waals surface area contributed by atoms with Crippen molar-refractivity contribution in [1.82, 2.24) is 0 Å². The molecule has 1 unspecified atom stereocenters. The van der Waals surface area contributed by atoms with Gasteiger partial charge in [-0.25, -0.2) is 0 Å². The third-order valence-electron chi connectivity index (χ3n) is 1.88. The van der Waals surface area contributed by atoms with Crippen molar-refractivity contribution in [2.45, 2.75) is 31.8 Å². The first-order valence-electron chi connectivity index (χ1n) is 4.10. The first-order chi connectivity index (χ1) is 5.34. The standard InChI is InChI=1S/C9H14O2/c1-2-5-9-8(10)6-3-4-7-11-9/h2,9H,1,3-7H2.